The molecule has 0 radical (unpaired) electrons. The molecule has 0 atom stereocenters. The summed E-state index contributed by atoms with van der Waals surface area (Å²) in [5, 5.41) is 0. The highest BCUT2D eigenvalue weighted by Crippen LogP contribution is 2.20. The average molecular weight is 365 g/mol. The molecular formula is C20H31NO5. The zero-order valence-electron chi connectivity index (χ0n) is 16.2. The largest absolute Gasteiger partial charge is 0.476 e. The molecule has 1 fully saturated rings. The van der Waals surface area contributed by atoms with E-state index in [-0.39, 0.29) is 18.0 Å². The fourth-order valence-electron chi connectivity index (χ4n) is 2.08. The van der Waals surface area contributed by atoms with Crippen molar-refractivity contribution in [3.8, 4) is 0 Å². The summed E-state index contributed by atoms with van der Waals surface area (Å²) in [6.45, 7) is 15.2. The van der Waals surface area contributed by atoms with Gasteiger partial charge in [0.25, 0.3) is 0 Å². The van der Waals surface area contributed by atoms with E-state index in [1.165, 1.54) is 26.4 Å². The van der Waals surface area contributed by atoms with Crippen LogP contribution < -0.4 is 0 Å². The van der Waals surface area contributed by atoms with Gasteiger partial charge in [-0.15, -0.1) is 0 Å². The fourth-order valence-corrected chi connectivity index (χ4v) is 2.08. The van der Waals surface area contributed by atoms with E-state index in [1.54, 1.807) is 19.9 Å². The Morgan fingerprint density at radius 1 is 1.12 bits per heavy atom. The molecule has 2 rings (SSSR count). The third-order valence-electron chi connectivity index (χ3n) is 3.49. The van der Waals surface area contributed by atoms with Crippen molar-refractivity contribution >= 4 is 17.8 Å². The maximum atomic E-state index is 11.1. The molecule has 0 bridgehead atoms. The molecule has 0 aromatic carbocycles. The number of nitrogens with zero attached hydrogens (tertiary/aromatic N) is 1. The molecule has 6 heteroatoms. The summed E-state index contributed by atoms with van der Waals surface area (Å²) in [6.07, 6.45) is 7.48. The number of hydrogen-bond donors (Lipinski definition) is 0. The van der Waals surface area contributed by atoms with Gasteiger partial charge in [-0.05, 0) is 45.6 Å². The number of methoxy groups -OCH3 is 1. The van der Waals surface area contributed by atoms with E-state index in [0.717, 1.165) is 26.0 Å². The van der Waals surface area contributed by atoms with Crippen molar-refractivity contribution in [2.75, 3.05) is 20.3 Å². The van der Waals surface area contributed by atoms with Crippen LogP contribution in [0.15, 0.2) is 42.0 Å². The normalized spacial score (nSPS) is 15.6. The molecule has 146 valence electrons. The first kappa shape index (κ1) is 23.6. The molecule has 0 amide bonds. The van der Waals surface area contributed by atoms with Gasteiger partial charge in [0.2, 0.25) is 5.90 Å². The summed E-state index contributed by atoms with van der Waals surface area (Å²) in [6, 6.07) is 0. The molecule has 2 aliphatic rings. The average Bonchev–Trinajstić information content (AvgIpc) is 3.16. The predicted molar refractivity (Wildman–Crippen MR) is 103 cm³/mol. The lowest BCUT2D eigenvalue weighted by atomic mass is 9.98. The standard InChI is InChI=1S/C10H16O2.C5H7NO.C5H8O2/c1-8(2)10(11)12-9-6-4-3-5-7-9;1-2-5-6-3-4-7-5;1-4(2)5(6)7-3/h9H,1,3-7H2,2H3;2H,1,3-4H2;1H2,2-3H3. The van der Waals surface area contributed by atoms with Crippen molar-refractivity contribution in [3.05, 3.63) is 37.0 Å². The Morgan fingerprint density at radius 2 is 1.69 bits per heavy atom. The van der Waals surface area contributed by atoms with Crippen LogP contribution in [0.1, 0.15) is 46.0 Å². The third kappa shape index (κ3) is 11.2. The second-order valence-electron chi connectivity index (χ2n) is 5.99. The molecule has 0 aromatic heterocycles. The Balaban J connectivity index is 0.000000385. The number of ether oxygens (including phenoxy) is 3. The second kappa shape index (κ2) is 13.9. The molecule has 1 saturated carbocycles. The van der Waals surface area contributed by atoms with Crippen LogP contribution in [0.3, 0.4) is 0 Å². The number of esters is 2. The van der Waals surface area contributed by atoms with Crippen LogP contribution in [0.2, 0.25) is 0 Å². The van der Waals surface area contributed by atoms with E-state index >= 15 is 0 Å². The maximum absolute atomic E-state index is 11.1. The van der Waals surface area contributed by atoms with Crippen molar-refractivity contribution < 1.29 is 23.8 Å². The minimum absolute atomic E-state index is 0.156. The van der Waals surface area contributed by atoms with E-state index < -0.39 is 0 Å². The van der Waals surface area contributed by atoms with Crippen LogP contribution in [0, 0.1) is 0 Å². The first-order valence-corrected chi connectivity index (χ1v) is 8.71. The smallest absolute Gasteiger partial charge is 0.333 e. The molecule has 26 heavy (non-hydrogen) atoms. The van der Waals surface area contributed by atoms with E-state index in [9.17, 15) is 9.59 Å². The van der Waals surface area contributed by atoms with Gasteiger partial charge in [-0.25, -0.2) is 14.6 Å². The minimum Gasteiger partial charge on any atom is -0.476 e. The van der Waals surface area contributed by atoms with Gasteiger partial charge in [0.1, 0.15) is 12.7 Å². The highest BCUT2D eigenvalue weighted by atomic mass is 16.5. The third-order valence-corrected chi connectivity index (χ3v) is 3.49. The first-order valence-electron chi connectivity index (χ1n) is 8.71. The van der Waals surface area contributed by atoms with E-state index in [2.05, 4.69) is 29.5 Å². The van der Waals surface area contributed by atoms with Gasteiger partial charge in [0.15, 0.2) is 0 Å². The van der Waals surface area contributed by atoms with Crippen LogP contribution >= 0.6 is 0 Å². The monoisotopic (exact) mass is 365 g/mol. The predicted octanol–water partition coefficient (Wildman–Crippen LogP) is 3.78. The molecular weight excluding hydrogens is 334 g/mol. The number of carbonyl (C=O) groups excluding carboxylic acids is 2. The van der Waals surface area contributed by atoms with E-state index in [1.807, 2.05) is 0 Å². The Hall–Kier alpha value is -2.37. The Morgan fingerprint density at radius 3 is 2.00 bits per heavy atom. The maximum Gasteiger partial charge on any atom is 0.333 e. The number of aliphatic imine (C=N–C) groups is 1. The second-order valence-corrected chi connectivity index (χ2v) is 5.99. The van der Waals surface area contributed by atoms with Crippen LogP contribution in [-0.4, -0.2) is 44.2 Å². The van der Waals surface area contributed by atoms with Crippen molar-refractivity contribution in [3.63, 3.8) is 0 Å². The molecule has 1 heterocycles. The van der Waals surface area contributed by atoms with Gasteiger partial charge in [-0.2, -0.15) is 0 Å². The Bertz CT molecular complexity index is 530. The molecule has 1 aliphatic heterocycles. The SMILES string of the molecule is C=C(C)C(=O)OC.C=C(C)C(=O)OC1CCCCC1.C=CC1=NCCO1. The molecule has 6 nitrogen and oxygen atoms in total. The summed E-state index contributed by atoms with van der Waals surface area (Å²) in [7, 11) is 1.33. The van der Waals surface area contributed by atoms with Crippen molar-refractivity contribution in [1.29, 1.82) is 0 Å². The summed E-state index contributed by atoms with van der Waals surface area (Å²) in [4.78, 5) is 25.2. The van der Waals surface area contributed by atoms with Gasteiger partial charge >= 0.3 is 11.9 Å². The fraction of sp³-hybridized carbons (Fsp3) is 0.550. The lowest BCUT2D eigenvalue weighted by molar-refractivity contribution is -0.145. The Kier molecular flexibility index (Phi) is 12.6. The lowest BCUT2D eigenvalue weighted by Crippen LogP contribution is -2.20. The zero-order chi connectivity index (χ0) is 19.9. The van der Waals surface area contributed by atoms with Crippen molar-refractivity contribution in [2.24, 2.45) is 4.99 Å². The van der Waals surface area contributed by atoms with Gasteiger partial charge < -0.3 is 14.2 Å². The molecule has 0 N–H and O–H groups in total. The molecule has 1 aliphatic carbocycles. The van der Waals surface area contributed by atoms with Crippen LogP contribution in [-0.2, 0) is 23.8 Å². The number of hydrogen-bond acceptors (Lipinski definition) is 6. The van der Waals surface area contributed by atoms with Gasteiger partial charge in [0.05, 0.1) is 13.7 Å². The molecule has 0 aromatic rings. The molecule has 0 unspecified atom stereocenters. The molecule has 0 saturated heterocycles. The summed E-state index contributed by atoms with van der Waals surface area (Å²) >= 11 is 0. The quantitative estimate of drug-likeness (QED) is 0.560. The lowest BCUT2D eigenvalue weighted by Gasteiger charge is -2.21. The highest BCUT2D eigenvalue weighted by molar-refractivity contribution is 5.88. The summed E-state index contributed by atoms with van der Waals surface area (Å²) < 4.78 is 14.4. The minimum atomic E-state index is -0.347. The molecule has 0 spiro atoms. The Labute approximate surface area is 156 Å². The number of carbonyl (C=O) groups is 2. The van der Waals surface area contributed by atoms with E-state index in [4.69, 9.17) is 9.47 Å². The van der Waals surface area contributed by atoms with Crippen molar-refractivity contribution in [2.45, 2.75) is 52.1 Å². The van der Waals surface area contributed by atoms with Gasteiger partial charge in [0, 0.05) is 11.1 Å². The summed E-state index contributed by atoms with van der Waals surface area (Å²) in [5.74, 6) is 0.0990. The topological polar surface area (TPSA) is 74.2 Å². The van der Waals surface area contributed by atoms with Crippen LogP contribution in [0.25, 0.3) is 0 Å². The van der Waals surface area contributed by atoms with Gasteiger partial charge in [-0.1, -0.05) is 26.2 Å². The van der Waals surface area contributed by atoms with Crippen molar-refractivity contribution in [1.82, 2.24) is 0 Å². The van der Waals surface area contributed by atoms with Gasteiger partial charge in [-0.3, -0.25) is 0 Å². The highest BCUT2D eigenvalue weighted by Gasteiger charge is 2.17. The number of rotatable bonds is 4. The summed E-state index contributed by atoms with van der Waals surface area (Å²) in [5.41, 5.74) is 0.933. The zero-order valence-corrected chi connectivity index (χ0v) is 16.2. The van der Waals surface area contributed by atoms with Crippen LogP contribution in [0.4, 0.5) is 0 Å². The van der Waals surface area contributed by atoms with E-state index in [0.29, 0.717) is 17.0 Å². The van der Waals surface area contributed by atoms with Crippen LogP contribution in [0.5, 0.6) is 0 Å². The first-order chi connectivity index (χ1) is 12.3.